The average molecular weight is 210 g/mol. The van der Waals surface area contributed by atoms with E-state index >= 15 is 0 Å². The number of rotatable bonds is 1. The monoisotopic (exact) mass is 210 g/mol. The van der Waals surface area contributed by atoms with Crippen molar-refractivity contribution >= 4 is 18.4 Å². The van der Waals surface area contributed by atoms with Gasteiger partial charge in [-0.2, -0.15) is 5.32 Å². The van der Waals surface area contributed by atoms with E-state index < -0.39 is 0 Å². The Kier molecular flexibility index (Phi) is 2.70. The van der Waals surface area contributed by atoms with Gasteiger partial charge in [0.1, 0.15) is 6.34 Å². The molecule has 0 saturated carbocycles. The predicted octanol–water partition coefficient (Wildman–Crippen LogP) is -0.666. The number of hydrogen-bond donors (Lipinski definition) is 1. The minimum atomic E-state index is -0.291. The Hall–Kier alpha value is -1.79. The van der Waals surface area contributed by atoms with Crippen LogP contribution in [0.5, 0.6) is 0 Å². The smallest absolute Gasteiger partial charge is 0.409 e. The van der Waals surface area contributed by atoms with Crippen molar-refractivity contribution in [2.24, 2.45) is 10.2 Å². The summed E-state index contributed by atoms with van der Waals surface area (Å²) < 4.78 is 4.63. The summed E-state index contributed by atoms with van der Waals surface area (Å²) in [5, 5.41) is 14.4. The lowest BCUT2D eigenvalue weighted by Crippen LogP contribution is -2.40. The molecule has 1 fully saturated rings. The van der Waals surface area contributed by atoms with Crippen molar-refractivity contribution < 1.29 is 9.53 Å². The summed E-state index contributed by atoms with van der Waals surface area (Å²) in [6, 6.07) is 0.174. The van der Waals surface area contributed by atoms with Gasteiger partial charge in [0, 0.05) is 19.1 Å². The summed E-state index contributed by atoms with van der Waals surface area (Å²) in [4.78, 5) is 12.8. The summed E-state index contributed by atoms with van der Waals surface area (Å²) in [6.45, 7) is 1.31. The van der Waals surface area contributed by atoms with E-state index in [1.54, 1.807) is 4.90 Å². The zero-order chi connectivity index (χ0) is 10.7. The van der Waals surface area contributed by atoms with Crippen LogP contribution in [0.4, 0.5) is 4.79 Å². The molecule has 2 rings (SSSR count). The molecule has 1 N–H and O–H groups in total. The first-order valence-electron chi connectivity index (χ1n) is 4.69. The highest BCUT2D eigenvalue weighted by Crippen LogP contribution is 2.10. The standard InChI is InChI=1S/C8H12N5O2/c1-15-8(14)13-3-2-6(4-13)11-7-9-5-10-12-7/h5-6H,2-4H2,1H3,(H,11,12). The Balaban J connectivity index is 1.80. The average Bonchev–Trinajstić information content (AvgIpc) is 2.88. The molecule has 2 aliphatic rings. The molecule has 2 heterocycles. The fraction of sp³-hybridized carbons (Fsp3) is 0.625. The second kappa shape index (κ2) is 4.16. The van der Waals surface area contributed by atoms with E-state index in [1.807, 2.05) is 0 Å². The van der Waals surface area contributed by atoms with Crippen molar-refractivity contribution in [3.63, 3.8) is 0 Å². The minimum absolute atomic E-state index is 0.174. The first-order chi connectivity index (χ1) is 7.29. The molecule has 81 valence electrons. The van der Waals surface area contributed by atoms with Crippen LogP contribution >= 0.6 is 0 Å². The van der Waals surface area contributed by atoms with Crippen molar-refractivity contribution in [2.75, 3.05) is 20.2 Å². The molecular weight excluding hydrogens is 198 g/mol. The SMILES string of the molecule is COC(=O)N1CCC(NC2=NN=C[N]2)C1. The zero-order valence-electron chi connectivity index (χ0n) is 8.38. The van der Waals surface area contributed by atoms with Crippen LogP contribution in [-0.2, 0) is 4.74 Å². The van der Waals surface area contributed by atoms with Crippen LogP contribution in [0.2, 0.25) is 0 Å². The van der Waals surface area contributed by atoms with E-state index in [0.29, 0.717) is 19.0 Å². The molecule has 0 bridgehead atoms. The number of nitrogens with one attached hydrogen (secondary N) is 1. The van der Waals surface area contributed by atoms with Gasteiger partial charge in [-0.05, 0) is 6.42 Å². The molecule has 1 unspecified atom stereocenters. The van der Waals surface area contributed by atoms with E-state index in [1.165, 1.54) is 13.4 Å². The maximum absolute atomic E-state index is 11.2. The van der Waals surface area contributed by atoms with Crippen LogP contribution in [0.1, 0.15) is 6.42 Å². The molecule has 0 aromatic rings. The van der Waals surface area contributed by atoms with Crippen LogP contribution in [0.3, 0.4) is 0 Å². The first-order valence-corrected chi connectivity index (χ1v) is 4.69. The van der Waals surface area contributed by atoms with Gasteiger partial charge in [-0.15, -0.1) is 10.2 Å². The van der Waals surface area contributed by atoms with Gasteiger partial charge in [0.25, 0.3) is 0 Å². The van der Waals surface area contributed by atoms with Crippen molar-refractivity contribution in [3.8, 4) is 0 Å². The first kappa shape index (κ1) is 9.75. The third kappa shape index (κ3) is 2.17. The van der Waals surface area contributed by atoms with Crippen molar-refractivity contribution in [2.45, 2.75) is 12.5 Å². The normalized spacial score (nSPS) is 23.7. The van der Waals surface area contributed by atoms with E-state index in [4.69, 9.17) is 0 Å². The van der Waals surface area contributed by atoms with Gasteiger partial charge < -0.3 is 15.0 Å². The third-order valence-corrected chi connectivity index (χ3v) is 2.34. The number of amides is 1. The summed E-state index contributed by atoms with van der Waals surface area (Å²) in [6.07, 6.45) is 1.96. The lowest BCUT2D eigenvalue weighted by molar-refractivity contribution is 0.132. The maximum Gasteiger partial charge on any atom is 0.409 e. The van der Waals surface area contributed by atoms with E-state index in [0.717, 1.165) is 6.42 Å². The Bertz CT molecular complexity index is 314. The van der Waals surface area contributed by atoms with Gasteiger partial charge in [0.05, 0.1) is 7.11 Å². The molecule has 7 heteroatoms. The van der Waals surface area contributed by atoms with Crippen LogP contribution in [0, 0.1) is 0 Å². The van der Waals surface area contributed by atoms with Gasteiger partial charge >= 0.3 is 6.09 Å². The molecule has 7 nitrogen and oxygen atoms in total. The number of nitrogens with zero attached hydrogens (tertiary/aromatic N) is 4. The molecule has 1 radical (unpaired) electrons. The molecule has 1 saturated heterocycles. The lowest BCUT2D eigenvalue weighted by atomic mass is 10.3. The zero-order valence-corrected chi connectivity index (χ0v) is 8.38. The Morgan fingerprint density at radius 2 is 2.60 bits per heavy atom. The molecule has 0 aromatic carbocycles. The second-order valence-electron chi connectivity index (χ2n) is 3.33. The summed E-state index contributed by atoms with van der Waals surface area (Å²) >= 11 is 0. The summed E-state index contributed by atoms with van der Waals surface area (Å²) in [7, 11) is 1.38. The molecule has 2 aliphatic heterocycles. The van der Waals surface area contributed by atoms with Crippen LogP contribution < -0.4 is 10.6 Å². The quantitative estimate of drug-likeness (QED) is 0.623. The number of likely N-dealkylation sites (tertiary alicyclic amines) is 1. The fourth-order valence-electron chi connectivity index (χ4n) is 1.61. The van der Waals surface area contributed by atoms with Crippen molar-refractivity contribution in [3.05, 3.63) is 0 Å². The van der Waals surface area contributed by atoms with Crippen LogP contribution in [0.25, 0.3) is 0 Å². The van der Waals surface area contributed by atoms with Crippen LogP contribution in [-0.4, -0.2) is 49.5 Å². The minimum Gasteiger partial charge on any atom is -0.453 e. The molecule has 1 amide bonds. The number of methoxy groups -OCH3 is 1. The summed E-state index contributed by atoms with van der Waals surface area (Å²) in [5.74, 6) is 0.506. The number of carbonyl (C=O) groups excluding carboxylic acids is 1. The number of guanidine groups is 1. The third-order valence-electron chi connectivity index (χ3n) is 2.34. The van der Waals surface area contributed by atoms with E-state index in [-0.39, 0.29) is 12.1 Å². The molecule has 1 atom stereocenters. The largest absolute Gasteiger partial charge is 0.453 e. The van der Waals surface area contributed by atoms with Crippen LogP contribution in [0.15, 0.2) is 10.2 Å². The number of carbonyl (C=O) groups is 1. The highest BCUT2D eigenvalue weighted by atomic mass is 16.5. The van der Waals surface area contributed by atoms with Gasteiger partial charge in [-0.1, -0.05) is 0 Å². The van der Waals surface area contributed by atoms with Crippen molar-refractivity contribution in [1.82, 2.24) is 15.5 Å². The Morgan fingerprint density at radius 3 is 3.27 bits per heavy atom. The Morgan fingerprint density at radius 1 is 1.73 bits per heavy atom. The van der Waals surface area contributed by atoms with Crippen molar-refractivity contribution in [1.29, 1.82) is 0 Å². The lowest BCUT2D eigenvalue weighted by Gasteiger charge is -2.15. The van der Waals surface area contributed by atoms with E-state index in [9.17, 15) is 4.79 Å². The molecule has 0 spiro atoms. The predicted molar refractivity (Wildman–Crippen MR) is 53.6 cm³/mol. The second-order valence-corrected chi connectivity index (χ2v) is 3.33. The topological polar surface area (TPSA) is 80.4 Å². The fourth-order valence-corrected chi connectivity index (χ4v) is 1.61. The van der Waals surface area contributed by atoms with Gasteiger partial charge in [0.2, 0.25) is 5.96 Å². The number of ether oxygens (including phenoxy) is 1. The van der Waals surface area contributed by atoms with Gasteiger partial charge in [0.15, 0.2) is 0 Å². The highest BCUT2D eigenvalue weighted by Gasteiger charge is 2.27. The molecule has 0 aliphatic carbocycles. The summed E-state index contributed by atoms with van der Waals surface area (Å²) in [5.41, 5.74) is 0. The van der Waals surface area contributed by atoms with Gasteiger partial charge in [-0.3, -0.25) is 0 Å². The molecular formula is C8H12N5O2. The Labute approximate surface area is 87.2 Å². The number of hydrogen-bond acceptors (Lipinski definition) is 5. The maximum atomic E-state index is 11.2. The van der Waals surface area contributed by atoms with Gasteiger partial charge in [-0.25, -0.2) is 4.79 Å². The highest BCUT2D eigenvalue weighted by molar-refractivity contribution is 5.92. The van der Waals surface area contributed by atoms with E-state index in [2.05, 4.69) is 25.6 Å². The molecule has 15 heavy (non-hydrogen) atoms. The molecule has 0 aromatic heterocycles.